The van der Waals surface area contributed by atoms with Crippen molar-refractivity contribution in [3.8, 4) is 0 Å². The van der Waals surface area contributed by atoms with Gasteiger partial charge in [-0.3, -0.25) is 19.6 Å². The van der Waals surface area contributed by atoms with Gasteiger partial charge in [-0.2, -0.15) is 0 Å². The fourth-order valence-electron chi connectivity index (χ4n) is 3.75. The van der Waals surface area contributed by atoms with E-state index in [1.54, 1.807) is 82.4 Å². The SMILES string of the molecule is COC(=O)C(C)(C)CS(=O)(=O)c1cccc2cccnc12.COC(=O)C(C)(C)N.Cl.O=S(=O)(Cl)c1cccc2cccnc12. The van der Waals surface area contributed by atoms with Crippen LogP contribution < -0.4 is 5.73 Å². The Bertz CT molecular complexity index is 1810. The molecule has 0 spiro atoms. The molecule has 0 saturated carbocycles. The molecule has 15 heteroatoms. The molecular formula is C29H35Cl2N3O8S2. The van der Waals surface area contributed by atoms with Crippen molar-refractivity contribution >= 4 is 75.7 Å². The number of para-hydroxylation sites is 2. The number of methoxy groups -OCH3 is 2. The first-order chi connectivity index (χ1) is 19.8. The zero-order valence-corrected chi connectivity index (χ0v) is 28.2. The molecule has 0 aliphatic carbocycles. The Morgan fingerprint density at radius 2 is 1.16 bits per heavy atom. The molecule has 2 N–H and O–H groups in total. The first kappa shape index (κ1) is 38.7. The van der Waals surface area contributed by atoms with Crippen molar-refractivity contribution in [3.05, 3.63) is 73.1 Å². The summed E-state index contributed by atoms with van der Waals surface area (Å²) in [6.07, 6.45) is 3.08. The number of esters is 2. The van der Waals surface area contributed by atoms with Crippen LogP contribution in [0.3, 0.4) is 0 Å². The molecule has 0 radical (unpaired) electrons. The first-order valence-corrected chi connectivity index (χ1v) is 16.6. The van der Waals surface area contributed by atoms with E-state index < -0.39 is 41.8 Å². The molecule has 0 saturated heterocycles. The van der Waals surface area contributed by atoms with Gasteiger partial charge in [0.2, 0.25) is 0 Å². The zero-order chi connectivity index (χ0) is 32.6. The molecular weight excluding hydrogens is 653 g/mol. The number of halogens is 2. The van der Waals surface area contributed by atoms with Gasteiger partial charge in [-0.1, -0.05) is 36.4 Å². The van der Waals surface area contributed by atoms with Crippen LogP contribution in [0.4, 0.5) is 0 Å². The maximum absolute atomic E-state index is 12.6. The minimum Gasteiger partial charge on any atom is -0.469 e. The lowest BCUT2D eigenvalue weighted by Gasteiger charge is -2.21. The Morgan fingerprint density at radius 3 is 1.55 bits per heavy atom. The van der Waals surface area contributed by atoms with Crippen molar-refractivity contribution in [3.63, 3.8) is 0 Å². The van der Waals surface area contributed by atoms with Crippen LogP contribution in [0.15, 0.2) is 82.8 Å². The molecule has 44 heavy (non-hydrogen) atoms. The second-order valence-corrected chi connectivity index (χ2v) is 14.9. The van der Waals surface area contributed by atoms with E-state index in [1.807, 2.05) is 0 Å². The molecule has 240 valence electrons. The van der Waals surface area contributed by atoms with Gasteiger partial charge in [-0.05, 0) is 52.0 Å². The van der Waals surface area contributed by atoms with E-state index in [4.69, 9.17) is 16.4 Å². The average molecular weight is 689 g/mol. The van der Waals surface area contributed by atoms with Crippen LogP contribution in [-0.2, 0) is 38.0 Å². The molecule has 0 fully saturated rings. The number of pyridine rings is 2. The number of fused-ring (bicyclic) bond motifs is 2. The quantitative estimate of drug-likeness (QED) is 0.220. The van der Waals surface area contributed by atoms with Crippen LogP contribution in [0.2, 0.25) is 0 Å². The lowest BCUT2D eigenvalue weighted by Crippen LogP contribution is -2.42. The molecule has 2 aromatic carbocycles. The summed E-state index contributed by atoms with van der Waals surface area (Å²) in [6, 6.07) is 16.9. The standard InChI is InChI=1S/C15H17NO4S.C9H6ClNO2S.C5H11NO2.ClH/c1-15(2,14(17)20-3)10-21(18,19)12-8-4-6-11-7-5-9-16-13(11)12;10-14(12,13)8-5-1-3-7-4-2-6-11-9(7)8;1-5(2,6)4(7)8-3;/h4-9H,10H2,1-3H3;1-6H;6H2,1-3H3;1H. The molecule has 4 rings (SSSR count). The Hall–Kier alpha value is -3.36. The predicted octanol–water partition coefficient (Wildman–Crippen LogP) is 4.69. The van der Waals surface area contributed by atoms with Crippen LogP contribution in [0.25, 0.3) is 21.8 Å². The molecule has 11 nitrogen and oxygen atoms in total. The van der Waals surface area contributed by atoms with E-state index in [-0.39, 0.29) is 28.0 Å². The first-order valence-electron chi connectivity index (χ1n) is 12.7. The number of aromatic nitrogens is 2. The molecule has 0 unspecified atom stereocenters. The summed E-state index contributed by atoms with van der Waals surface area (Å²) in [5.41, 5.74) is 4.17. The molecule has 0 aliphatic heterocycles. The van der Waals surface area contributed by atoms with Gasteiger partial charge in [0.25, 0.3) is 9.05 Å². The topological polar surface area (TPSA) is 173 Å². The maximum atomic E-state index is 12.6. The third kappa shape index (κ3) is 10.4. The minimum absolute atomic E-state index is 0. The maximum Gasteiger partial charge on any atom is 0.325 e. The summed E-state index contributed by atoms with van der Waals surface area (Å²) < 4.78 is 56.6. The van der Waals surface area contributed by atoms with E-state index in [0.29, 0.717) is 11.0 Å². The predicted molar refractivity (Wildman–Crippen MR) is 172 cm³/mol. The number of hydrogen-bond donors (Lipinski definition) is 1. The van der Waals surface area contributed by atoms with Gasteiger partial charge in [0.1, 0.15) is 10.4 Å². The number of nitrogens with two attached hydrogens (primary N) is 1. The molecule has 0 atom stereocenters. The van der Waals surface area contributed by atoms with Crippen molar-refractivity contribution in [1.82, 2.24) is 9.97 Å². The largest absolute Gasteiger partial charge is 0.469 e. The van der Waals surface area contributed by atoms with E-state index in [1.165, 1.54) is 32.5 Å². The Morgan fingerprint density at radius 1 is 0.750 bits per heavy atom. The normalized spacial score (nSPS) is 11.6. The van der Waals surface area contributed by atoms with Crippen molar-refractivity contribution in [2.24, 2.45) is 11.1 Å². The Kier molecular flexibility index (Phi) is 13.7. The highest BCUT2D eigenvalue weighted by atomic mass is 35.7. The van der Waals surface area contributed by atoms with E-state index in [9.17, 15) is 26.4 Å². The minimum atomic E-state index is -3.72. The van der Waals surface area contributed by atoms with Crippen molar-refractivity contribution in [1.29, 1.82) is 0 Å². The molecule has 4 aromatic rings. The van der Waals surface area contributed by atoms with Crippen molar-refractivity contribution in [2.75, 3.05) is 20.0 Å². The Balaban J connectivity index is 0.000000363. The van der Waals surface area contributed by atoms with Gasteiger partial charge in [-0.25, -0.2) is 16.8 Å². The molecule has 2 aromatic heterocycles. The number of nitrogens with zero attached hydrogens (tertiary/aromatic N) is 2. The zero-order valence-electron chi connectivity index (χ0n) is 25.0. The second-order valence-electron chi connectivity index (χ2n) is 10.4. The number of rotatable bonds is 6. The lowest BCUT2D eigenvalue weighted by molar-refractivity contribution is -0.149. The van der Waals surface area contributed by atoms with Gasteiger partial charge < -0.3 is 15.2 Å². The van der Waals surface area contributed by atoms with Gasteiger partial charge >= 0.3 is 11.9 Å². The smallest absolute Gasteiger partial charge is 0.325 e. The second kappa shape index (κ2) is 15.6. The van der Waals surface area contributed by atoms with Gasteiger partial charge in [0.15, 0.2) is 9.84 Å². The van der Waals surface area contributed by atoms with Gasteiger partial charge in [-0.15, -0.1) is 12.4 Å². The number of sulfone groups is 1. The number of ether oxygens (including phenoxy) is 2. The van der Waals surface area contributed by atoms with Crippen LogP contribution in [0, 0.1) is 5.41 Å². The number of carbonyl (C=O) groups excluding carboxylic acids is 2. The monoisotopic (exact) mass is 687 g/mol. The van der Waals surface area contributed by atoms with Gasteiger partial charge in [0.05, 0.1) is 41.3 Å². The molecule has 0 bridgehead atoms. The van der Waals surface area contributed by atoms with Crippen LogP contribution in [-0.4, -0.2) is 64.3 Å². The van der Waals surface area contributed by atoms with E-state index in [2.05, 4.69) is 19.4 Å². The fourth-order valence-corrected chi connectivity index (χ4v) is 6.74. The summed E-state index contributed by atoms with van der Waals surface area (Å²) in [4.78, 5) is 30.5. The summed E-state index contributed by atoms with van der Waals surface area (Å²) in [5.74, 6) is -1.28. The highest BCUT2D eigenvalue weighted by Crippen LogP contribution is 2.28. The summed E-state index contributed by atoms with van der Waals surface area (Å²) in [6.45, 7) is 6.29. The number of hydrogen-bond acceptors (Lipinski definition) is 11. The van der Waals surface area contributed by atoms with Crippen molar-refractivity contribution < 1.29 is 35.9 Å². The molecule has 2 heterocycles. The average Bonchev–Trinajstić information content (AvgIpc) is 2.94. The third-order valence-electron chi connectivity index (χ3n) is 5.79. The van der Waals surface area contributed by atoms with E-state index >= 15 is 0 Å². The third-order valence-corrected chi connectivity index (χ3v) is 9.24. The summed E-state index contributed by atoms with van der Waals surface area (Å²) in [7, 11) is 0.450. The molecule has 0 aliphatic rings. The number of carbonyl (C=O) groups is 2. The van der Waals surface area contributed by atoms with E-state index in [0.717, 1.165) is 10.8 Å². The highest BCUT2D eigenvalue weighted by Gasteiger charge is 2.36. The van der Waals surface area contributed by atoms with Crippen molar-refractivity contribution in [2.45, 2.75) is 43.0 Å². The Labute approximate surface area is 267 Å². The van der Waals surface area contributed by atoms with Crippen LogP contribution in [0.1, 0.15) is 27.7 Å². The summed E-state index contributed by atoms with van der Waals surface area (Å²) >= 11 is 0. The lowest BCUT2D eigenvalue weighted by atomic mass is 9.97. The fraction of sp³-hybridized carbons (Fsp3) is 0.310. The highest BCUT2D eigenvalue weighted by molar-refractivity contribution is 8.14. The molecule has 0 amide bonds. The van der Waals surface area contributed by atoms with Gasteiger partial charge in [0, 0.05) is 33.8 Å². The van der Waals surface area contributed by atoms with Crippen LogP contribution >= 0.6 is 23.1 Å². The van der Waals surface area contributed by atoms with Crippen LogP contribution in [0.5, 0.6) is 0 Å². The summed E-state index contributed by atoms with van der Waals surface area (Å²) in [5, 5.41) is 1.50. The number of benzene rings is 2.